The highest BCUT2D eigenvalue weighted by Gasteiger charge is 2.21. The number of hydrogen-bond donors (Lipinski definition) is 2. The van der Waals surface area contributed by atoms with Crippen LogP contribution in [0.5, 0.6) is 0 Å². The van der Waals surface area contributed by atoms with Gasteiger partial charge in [-0.2, -0.15) is 0 Å². The van der Waals surface area contributed by atoms with E-state index in [0.717, 1.165) is 0 Å². The number of nitrogen functional groups attached to an aromatic ring is 1. The van der Waals surface area contributed by atoms with E-state index in [2.05, 4.69) is 24.7 Å². The molecule has 0 saturated carbocycles. The van der Waals surface area contributed by atoms with Crippen LogP contribution in [0.1, 0.15) is 5.69 Å². The lowest BCUT2D eigenvalue weighted by molar-refractivity contribution is 0.601. The van der Waals surface area contributed by atoms with Crippen molar-refractivity contribution in [1.82, 2.24) is 19.9 Å². The molecule has 0 radical (unpaired) electrons. The maximum Gasteiger partial charge on any atom is 0.263 e. The second-order valence-electron chi connectivity index (χ2n) is 6.67. The van der Waals surface area contributed by atoms with Crippen LogP contribution in [0.15, 0.2) is 72.1 Å². The number of sulfonamides is 1. The Kier molecular flexibility index (Phi) is 5.30. The fourth-order valence-corrected chi connectivity index (χ4v) is 4.17. The third-order valence-electron chi connectivity index (χ3n) is 4.42. The summed E-state index contributed by atoms with van der Waals surface area (Å²) in [5.41, 5.74) is 7.45. The molecule has 0 fully saturated rings. The molecule has 2 aromatic carbocycles. The molecule has 8 nitrogen and oxygen atoms in total. The van der Waals surface area contributed by atoms with Crippen molar-refractivity contribution >= 4 is 21.7 Å². The highest BCUT2D eigenvalue weighted by Crippen LogP contribution is 2.31. The molecule has 0 saturated heterocycles. The van der Waals surface area contributed by atoms with E-state index in [0.29, 0.717) is 22.5 Å². The van der Waals surface area contributed by atoms with Crippen LogP contribution in [-0.4, -0.2) is 28.4 Å². The third-order valence-corrected chi connectivity index (χ3v) is 5.84. The van der Waals surface area contributed by atoms with Gasteiger partial charge in [-0.25, -0.2) is 22.8 Å². The summed E-state index contributed by atoms with van der Waals surface area (Å²) < 4.78 is 43.2. The summed E-state index contributed by atoms with van der Waals surface area (Å²) >= 11 is 0. The SMILES string of the molecule is Cc1cnc(NS(=O)(=O)c2ccccc2-c2ccc(-c3cnc(N)cn3)c(F)c2)cn1. The largest absolute Gasteiger partial charge is 0.382 e. The van der Waals surface area contributed by atoms with Crippen LogP contribution < -0.4 is 10.5 Å². The van der Waals surface area contributed by atoms with Gasteiger partial charge in [-0.1, -0.05) is 24.3 Å². The lowest BCUT2D eigenvalue weighted by Gasteiger charge is -2.13. The predicted molar refractivity (Wildman–Crippen MR) is 115 cm³/mol. The first-order valence-corrected chi connectivity index (χ1v) is 10.6. The van der Waals surface area contributed by atoms with Gasteiger partial charge in [0.05, 0.1) is 41.1 Å². The van der Waals surface area contributed by atoms with E-state index in [1.807, 2.05) is 0 Å². The number of nitrogens with one attached hydrogen (secondary N) is 1. The number of anilines is 2. The molecule has 0 aliphatic rings. The fourth-order valence-electron chi connectivity index (χ4n) is 2.94. The number of aromatic nitrogens is 4. The average Bonchev–Trinajstić information content (AvgIpc) is 2.76. The Morgan fingerprint density at radius 1 is 0.903 bits per heavy atom. The van der Waals surface area contributed by atoms with E-state index in [-0.39, 0.29) is 22.1 Å². The van der Waals surface area contributed by atoms with Gasteiger partial charge in [0.1, 0.15) is 11.6 Å². The summed E-state index contributed by atoms with van der Waals surface area (Å²) in [5.74, 6) is -0.254. The summed E-state index contributed by atoms with van der Waals surface area (Å²) in [5, 5.41) is 0. The van der Waals surface area contributed by atoms with E-state index >= 15 is 0 Å². The number of hydrogen-bond acceptors (Lipinski definition) is 7. The zero-order valence-electron chi connectivity index (χ0n) is 16.3. The van der Waals surface area contributed by atoms with Gasteiger partial charge >= 0.3 is 0 Å². The maximum absolute atomic E-state index is 14.9. The molecular weight excluding hydrogens is 419 g/mol. The number of nitrogens with two attached hydrogens (primary N) is 1. The molecule has 2 heterocycles. The Balaban J connectivity index is 1.72. The lowest BCUT2D eigenvalue weighted by atomic mass is 10.0. The number of nitrogens with zero attached hydrogens (tertiary/aromatic N) is 4. The monoisotopic (exact) mass is 436 g/mol. The van der Waals surface area contributed by atoms with Gasteiger partial charge in [0.2, 0.25) is 0 Å². The highest BCUT2D eigenvalue weighted by atomic mass is 32.2. The van der Waals surface area contributed by atoms with Crippen LogP contribution >= 0.6 is 0 Å². The Morgan fingerprint density at radius 3 is 2.39 bits per heavy atom. The van der Waals surface area contributed by atoms with E-state index < -0.39 is 15.8 Å². The van der Waals surface area contributed by atoms with Crippen molar-refractivity contribution in [3.8, 4) is 22.4 Å². The van der Waals surface area contributed by atoms with Crippen molar-refractivity contribution in [2.45, 2.75) is 11.8 Å². The molecule has 0 unspecified atom stereocenters. The van der Waals surface area contributed by atoms with Gasteiger partial charge < -0.3 is 5.73 Å². The summed E-state index contributed by atoms with van der Waals surface area (Å²) in [6.45, 7) is 1.74. The quantitative estimate of drug-likeness (QED) is 0.491. The van der Waals surface area contributed by atoms with E-state index in [4.69, 9.17) is 5.73 Å². The third kappa shape index (κ3) is 4.33. The van der Waals surface area contributed by atoms with Crippen LogP contribution in [0, 0.1) is 12.7 Å². The summed E-state index contributed by atoms with van der Waals surface area (Å²) in [7, 11) is -4.00. The molecule has 4 aromatic rings. The number of benzene rings is 2. The van der Waals surface area contributed by atoms with Crippen molar-refractivity contribution in [2.24, 2.45) is 0 Å². The van der Waals surface area contributed by atoms with Gasteiger partial charge in [0, 0.05) is 11.1 Å². The molecule has 31 heavy (non-hydrogen) atoms. The molecule has 0 bridgehead atoms. The van der Waals surface area contributed by atoms with Gasteiger partial charge in [-0.05, 0) is 30.7 Å². The van der Waals surface area contributed by atoms with Crippen molar-refractivity contribution in [1.29, 1.82) is 0 Å². The predicted octanol–water partition coefficient (Wildman–Crippen LogP) is 3.43. The summed E-state index contributed by atoms with van der Waals surface area (Å²) in [6, 6.07) is 10.7. The van der Waals surface area contributed by atoms with E-state index in [1.54, 1.807) is 31.2 Å². The smallest absolute Gasteiger partial charge is 0.263 e. The Bertz CT molecular complexity index is 1340. The first-order valence-electron chi connectivity index (χ1n) is 9.12. The van der Waals surface area contributed by atoms with Crippen LogP contribution in [0.25, 0.3) is 22.4 Å². The zero-order valence-corrected chi connectivity index (χ0v) is 17.1. The van der Waals surface area contributed by atoms with Gasteiger partial charge in [0.25, 0.3) is 10.0 Å². The maximum atomic E-state index is 14.9. The van der Waals surface area contributed by atoms with Crippen LogP contribution in [-0.2, 0) is 10.0 Å². The number of rotatable bonds is 5. The Labute approximate surface area is 178 Å². The van der Waals surface area contributed by atoms with Crippen molar-refractivity contribution < 1.29 is 12.8 Å². The Morgan fingerprint density at radius 2 is 1.71 bits per heavy atom. The van der Waals surface area contributed by atoms with Crippen molar-refractivity contribution in [2.75, 3.05) is 10.5 Å². The summed E-state index contributed by atoms with van der Waals surface area (Å²) in [4.78, 5) is 16.0. The minimum atomic E-state index is -4.00. The first kappa shape index (κ1) is 20.4. The van der Waals surface area contributed by atoms with Crippen LogP contribution in [0.4, 0.5) is 16.0 Å². The number of halogens is 1. The van der Waals surface area contributed by atoms with Gasteiger partial charge in [-0.3, -0.25) is 14.7 Å². The standard InChI is InChI=1S/C21H17FN6O2S/c1-13-9-27-21(12-24-13)28-31(29,30)19-5-3-2-4-15(19)14-6-7-16(17(22)8-14)18-10-26-20(23)11-25-18/h2-12H,1H3,(H2,23,26)(H,27,28). The fraction of sp³-hybridized carbons (Fsp3) is 0.0476. The molecule has 0 aliphatic heterocycles. The summed E-state index contributed by atoms with van der Waals surface area (Å²) in [6.07, 6.45) is 5.50. The molecule has 2 aromatic heterocycles. The van der Waals surface area contributed by atoms with Crippen molar-refractivity contribution in [3.05, 3.63) is 78.8 Å². The minimum Gasteiger partial charge on any atom is -0.382 e. The molecule has 3 N–H and O–H groups in total. The molecule has 156 valence electrons. The minimum absolute atomic E-state index is 0.0169. The first-order chi connectivity index (χ1) is 14.8. The second kappa shape index (κ2) is 8.07. The lowest BCUT2D eigenvalue weighted by Crippen LogP contribution is -2.15. The van der Waals surface area contributed by atoms with E-state index in [9.17, 15) is 12.8 Å². The van der Waals surface area contributed by atoms with Gasteiger partial charge in [0.15, 0.2) is 5.82 Å². The van der Waals surface area contributed by atoms with Gasteiger partial charge in [-0.15, -0.1) is 0 Å². The molecule has 0 atom stereocenters. The molecular formula is C21H17FN6O2S. The molecule has 0 amide bonds. The van der Waals surface area contributed by atoms with Crippen LogP contribution in [0.2, 0.25) is 0 Å². The Hall–Kier alpha value is -3.92. The van der Waals surface area contributed by atoms with Crippen LogP contribution in [0.3, 0.4) is 0 Å². The molecule has 0 spiro atoms. The molecule has 4 rings (SSSR count). The number of aryl methyl sites for hydroxylation is 1. The van der Waals surface area contributed by atoms with Crippen molar-refractivity contribution in [3.63, 3.8) is 0 Å². The van der Waals surface area contributed by atoms with E-state index in [1.165, 1.54) is 43.0 Å². The topological polar surface area (TPSA) is 124 Å². The normalized spacial score (nSPS) is 11.3. The highest BCUT2D eigenvalue weighted by molar-refractivity contribution is 7.92. The molecule has 0 aliphatic carbocycles. The molecule has 10 heteroatoms. The second-order valence-corrected chi connectivity index (χ2v) is 8.32. The zero-order chi connectivity index (χ0) is 22.0. The average molecular weight is 436 g/mol.